The molecular weight excluding hydrogens is 231 g/mol. The van der Waals surface area contributed by atoms with Crippen molar-refractivity contribution in [2.75, 3.05) is 25.2 Å². The summed E-state index contributed by atoms with van der Waals surface area (Å²) < 4.78 is 5.95. The van der Waals surface area contributed by atoms with Crippen molar-refractivity contribution in [1.29, 1.82) is 0 Å². The summed E-state index contributed by atoms with van der Waals surface area (Å²) in [6, 6.07) is 9.26. The van der Waals surface area contributed by atoms with Crippen molar-refractivity contribution in [3.8, 4) is 0 Å². The molecule has 0 aromatic heterocycles. The van der Waals surface area contributed by atoms with Crippen LogP contribution in [0.25, 0.3) is 0 Å². The normalized spacial score (nSPS) is 13.8. The molecule has 0 spiro atoms. The van der Waals surface area contributed by atoms with Gasteiger partial charge in [-0.25, -0.2) is 0 Å². The number of hydrogen-bond acceptors (Lipinski definition) is 2. The molecule has 0 N–H and O–H groups in total. The van der Waals surface area contributed by atoms with Gasteiger partial charge in [0.05, 0.1) is 0 Å². The van der Waals surface area contributed by atoms with Crippen LogP contribution in [0.5, 0.6) is 0 Å². The molecule has 96 valence electrons. The zero-order chi connectivity index (χ0) is 13.0. The third-order valence-corrected chi connectivity index (χ3v) is 10.1. The summed E-state index contributed by atoms with van der Waals surface area (Å²) in [6.45, 7) is 6.27. The zero-order valence-electron chi connectivity index (χ0n) is 11.3. The minimum absolute atomic E-state index is 0.170. The van der Waals surface area contributed by atoms with E-state index in [9.17, 15) is 4.79 Å². The van der Waals surface area contributed by atoms with Crippen LogP contribution in [-0.2, 0) is 4.52 Å². The molecule has 0 saturated carbocycles. The fourth-order valence-electron chi connectivity index (χ4n) is 1.75. The van der Waals surface area contributed by atoms with Crippen LogP contribution in [-0.4, -0.2) is 31.1 Å². The van der Waals surface area contributed by atoms with Crippen molar-refractivity contribution in [3.05, 3.63) is 35.9 Å². The first-order valence-electron chi connectivity index (χ1n) is 6.27. The topological polar surface area (TPSA) is 26.3 Å². The molecule has 0 fully saturated rings. The zero-order valence-corrected chi connectivity index (χ0v) is 12.2. The molecule has 0 bridgehead atoms. The van der Waals surface area contributed by atoms with Gasteiger partial charge < -0.3 is 0 Å². The molecule has 0 amide bonds. The summed E-state index contributed by atoms with van der Waals surface area (Å²) in [5.74, 6) is -0.170. The van der Waals surface area contributed by atoms with Gasteiger partial charge in [0.1, 0.15) is 0 Å². The van der Waals surface area contributed by atoms with Gasteiger partial charge in [0.15, 0.2) is 0 Å². The van der Waals surface area contributed by atoms with Crippen LogP contribution in [0.15, 0.2) is 30.3 Å². The molecule has 0 atom stereocenters. The second kappa shape index (κ2) is 5.18. The van der Waals surface area contributed by atoms with Crippen LogP contribution in [0.4, 0.5) is 0 Å². The van der Waals surface area contributed by atoms with E-state index >= 15 is 0 Å². The second-order valence-electron chi connectivity index (χ2n) is 4.88. The Balaban J connectivity index is 2.94. The number of carbonyl (C=O) groups excluding carboxylic acids is 1. The SMILES string of the molecule is CCP(C)(CC)(CC)OC(=O)c1ccccc1. The van der Waals surface area contributed by atoms with E-state index in [0.29, 0.717) is 5.56 Å². The molecular formula is C14H23O2P. The molecule has 0 aliphatic carbocycles. The summed E-state index contributed by atoms with van der Waals surface area (Å²) in [6.07, 6.45) is 2.87. The van der Waals surface area contributed by atoms with Gasteiger partial charge >= 0.3 is 104 Å². The molecule has 1 aromatic carbocycles. The van der Waals surface area contributed by atoms with Gasteiger partial charge in [-0.2, -0.15) is 0 Å². The van der Waals surface area contributed by atoms with E-state index in [1.165, 1.54) is 0 Å². The standard InChI is InChI=1S/C14H23O2P/c1-5-17(4,6-2,7-3)16-14(15)13-11-9-8-10-12-13/h8-12H,5-7H2,1-4H3. The Hall–Kier alpha value is -0.880. The van der Waals surface area contributed by atoms with Crippen LogP contribution in [0.1, 0.15) is 31.1 Å². The monoisotopic (exact) mass is 254 g/mol. The number of carbonyl (C=O) groups is 1. The molecule has 0 radical (unpaired) electrons. The predicted octanol–water partition coefficient (Wildman–Crippen LogP) is 4.00. The Bertz CT molecular complexity index is 371. The van der Waals surface area contributed by atoms with Crippen molar-refractivity contribution >= 4 is 12.8 Å². The molecule has 0 aliphatic heterocycles. The first-order valence-corrected chi connectivity index (χ1v) is 9.43. The third kappa shape index (κ3) is 3.07. The summed E-state index contributed by atoms with van der Waals surface area (Å²) >= 11 is 0. The van der Waals surface area contributed by atoms with Gasteiger partial charge in [-0.05, 0) is 0 Å². The Kier molecular flexibility index (Phi) is 4.32. The Morgan fingerprint density at radius 1 is 1.06 bits per heavy atom. The van der Waals surface area contributed by atoms with Crippen LogP contribution >= 0.6 is 6.83 Å². The molecule has 1 rings (SSSR count). The molecule has 0 aliphatic rings. The van der Waals surface area contributed by atoms with Gasteiger partial charge in [-0.15, -0.1) is 0 Å². The molecule has 17 heavy (non-hydrogen) atoms. The Labute approximate surface area is 104 Å². The van der Waals surface area contributed by atoms with Crippen molar-refractivity contribution in [1.82, 2.24) is 0 Å². The number of rotatable bonds is 5. The van der Waals surface area contributed by atoms with E-state index in [0.717, 1.165) is 18.5 Å². The quantitative estimate of drug-likeness (QED) is 0.742. The van der Waals surface area contributed by atoms with Crippen molar-refractivity contribution in [2.45, 2.75) is 20.8 Å². The summed E-state index contributed by atoms with van der Waals surface area (Å²) in [5, 5.41) is 0. The predicted molar refractivity (Wildman–Crippen MR) is 76.3 cm³/mol. The number of benzene rings is 1. The Morgan fingerprint density at radius 2 is 1.53 bits per heavy atom. The Morgan fingerprint density at radius 3 is 1.94 bits per heavy atom. The molecule has 0 saturated heterocycles. The molecule has 3 heteroatoms. The summed E-state index contributed by atoms with van der Waals surface area (Å²) in [7, 11) is 0. The maximum absolute atomic E-state index is 12.2. The van der Waals surface area contributed by atoms with E-state index in [2.05, 4.69) is 27.4 Å². The van der Waals surface area contributed by atoms with Gasteiger partial charge in [-0.3, -0.25) is 0 Å². The van der Waals surface area contributed by atoms with E-state index in [1.54, 1.807) is 0 Å². The number of hydrogen-bond donors (Lipinski definition) is 0. The van der Waals surface area contributed by atoms with Crippen molar-refractivity contribution in [3.63, 3.8) is 0 Å². The van der Waals surface area contributed by atoms with E-state index < -0.39 is 6.83 Å². The molecule has 2 nitrogen and oxygen atoms in total. The van der Waals surface area contributed by atoms with Gasteiger partial charge in [0.25, 0.3) is 0 Å². The van der Waals surface area contributed by atoms with E-state index in [4.69, 9.17) is 4.52 Å². The van der Waals surface area contributed by atoms with Crippen LogP contribution < -0.4 is 0 Å². The molecule has 0 heterocycles. The van der Waals surface area contributed by atoms with E-state index in [1.807, 2.05) is 30.3 Å². The van der Waals surface area contributed by atoms with E-state index in [-0.39, 0.29) is 5.97 Å². The maximum atomic E-state index is 12.2. The fourth-order valence-corrected chi connectivity index (χ4v) is 4.10. The summed E-state index contributed by atoms with van der Waals surface area (Å²) in [4.78, 5) is 12.2. The van der Waals surface area contributed by atoms with Crippen molar-refractivity contribution in [2.24, 2.45) is 0 Å². The third-order valence-electron chi connectivity index (χ3n) is 4.05. The average molecular weight is 254 g/mol. The minimum atomic E-state index is -2.29. The van der Waals surface area contributed by atoms with Gasteiger partial charge in [-0.1, -0.05) is 0 Å². The van der Waals surface area contributed by atoms with Crippen molar-refractivity contribution < 1.29 is 9.32 Å². The van der Waals surface area contributed by atoms with Crippen LogP contribution in [0.2, 0.25) is 0 Å². The second-order valence-corrected chi connectivity index (χ2v) is 11.3. The first-order chi connectivity index (χ1) is 7.97. The molecule has 0 unspecified atom stereocenters. The summed E-state index contributed by atoms with van der Waals surface area (Å²) in [5.41, 5.74) is 0.652. The van der Waals surface area contributed by atoms with Gasteiger partial charge in [0.2, 0.25) is 0 Å². The van der Waals surface area contributed by atoms with Crippen LogP contribution in [0.3, 0.4) is 0 Å². The fraction of sp³-hybridized carbons (Fsp3) is 0.500. The van der Waals surface area contributed by atoms with Gasteiger partial charge in [0, 0.05) is 0 Å². The average Bonchev–Trinajstić information content (AvgIpc) is 2.40. The van der Waals surface area contributed by atoms with Crippen LogP contribution in [0, 0.1) is 0 Å². The molecule has 1 aromatic rings. The first kappa shape index (κ1) is 14.2.